The molecular formula is C27H22Cl2FNO3. The Balaban J connectivity index is 1.74. The molecule has 0 aliphatic carbocycles. The van der Waals surface area contributed by atoms with Gasteiger partial charge >= 0.3 is 0 Å². The zero-order valence-electron chi connectivity index (χ0n) is 19.3. The third-order valence-electron chi connectivity index (χ3n) is 6.97. The number of nitrogens with zero attached hydrogens (tertiary/aromatic N) is 1. The minimum Gasteiger partial charge on any atom is -0.486 e. The molecule has 3 aromatic rings. The van der Waals surface area contributed by atoms with Crippen molar-refractivity contribution in [2.24, 2.45) is 0 Å². The van der Waals surface area contributed by atoms with Gasteiger partial charge in [-0.15, -0.1) is 0 Å². The smallest absolute Gasteiger partial charge is 0.266 e. The third-order valence-corrected chi connectivity index (χ3v) is 7.69. The number of fused-ring (bicyclic) bond motifs is 2. The summed E-state index contributed by atoms with van der Waals surface area (Å²) >= 11 is 12.3. The Morgan fingerprint density at radius 1 is 0.882 bits per heavy atom. The molecule has 5 rings (SSSR count). The zero-order chi connectivity index (χ0) is 24.7. The monoisotopic (exact) mass is 497 g/mol. The van der Waals surface area contributed by atoms with Gasteiger partial charge in [-0.25, -0.2) is 9.29 Å². The molecule has 1 atom stereocenters. The first-order valence-corrected chi connectivity index (χ1v) is 11.7. The molecule has 0 saturated heterocycles. The summed E-state index contributed by atoms with van der Waals surface area (Å²) in [6.45, 7) is 9.67. The molecule has 34 heavy (non-hydrogen) atoms. The van der Waals surface area contributed by atoms with Gasteiger partial charge in [0.2, 0.25) is 0 Å². The molecule has 1 unspecified atom stereocenters. The van der Waals surface area contributed by atoms with E-state index >= 15 is 0 Å². The number of carbonyl (C=O) groups is 2. The lowest BCUT2D eigenvalue weighted by Gasteiger charge is -2.28. The van der Waals surface area contributed by atoms with E-state index in [0.717, 1.165) is 33.6 Å². The van der Waals surface area contributed by atoms with Crippen LogP contribution in [0.15, 0.2) is 36.4 Å². The first-order valence-electron chi connectivity index (χ1n) is 10.9. The topological polar surface area (TPSA) is 46.6 Å². The maximum absolute atomic E-state index is 13.7. The molecule has 0 bridgehead atoms. The summed E-state index contributed by atoms with van der Waals surface area (Å²) in [4.78, 5) is 28.1. The minimum atomic E-state index is -0.621. The van der Waals surface area contributed by atoms with Crippen molar-refractivity contribution < 1.29 is 18.7 Å². The molecule has 0 N–H and O–H groups in total. The highest BCUT2D eigenvalue weighted by molar-refractivity contribution is 6.44. The second kappa shape index (κ2) is 7.56. The molecule has 0 spiro atoms. The molecule has 0 fully saturated rings. The van der Waals surface area contributed by atoms with Gasteiger partial charge in [0.1, 0.15) is 17.2 Å². The average molecular weight is 498 g/mol. The highest BCUT2D eigenvalue weighted by Crippen LogP contribution is 2.54. The van der Waals surface area contributed by atoms with Gasteiger partial charge in [0, 0.05) is 5.56 Å². The number of amides is 2. The summed E-state index contributed by atoms with van der Waals surface area (Å²) in [6, 6.07) is 9.24. The molecule has 2 aliphatic rings. The molecule has 0 radical (unpaired) electrons. The Labute approximate surface area is 207 Å². The summed E-state index contributed by atoms with van der Waals surface area (Å²) in [6.07, 6.45) is 0. The van der Waals surface area contributed by atoms with Crippen molar-refractivity contribution >= 4 is 40.7 Å². The van der Waals surface area contributed by atoms with Gasteiger partial charge in [0.15, 0.2) is 0 Å². The Bertz CT molecular complexity index is 1370. The molecule has 3 aromatic carbocycles. The van der Waals surface area contributed by atoms with Crippen LogP contribution < -0.4 is 9.64 Å². The second-order valence-corrected chi connectivity index (χ2v) is 10.2. The van der Waals surface area contributed by atoms with Crippen LogP contribution in [0.1, 0.15) is 68.3 Å². The number of ether oxygens (including phenoxy) is 1. The standard InChI is InChI=1S/C27H22Cl2FNO3/c1-12-13(2)24-21(22(27(4,5)34-24)15-6-8-16(30)9-7-15)14(3)23(12)31-25(32)17-10-19(28)20(29)11-18(17)26(31)33/h6-11,22H,1-5H3. The van der Waals surface area contributed by atoms with Crippen molar-refractivity contribution in [2.75, 3.05) is 4.90 Å². The predicted molar refractivity (Wildman–Crippen MR) is 131 cm³/mol. The second-order valence-electron chi connectivity index (χ2n) is 9.41. The van der Waals surface area contributed by atoms with Crippen molar-refractivity contribution in [3.63, 3.8) is 0 Å². The molecule has 2 aliphatic heterocycles. The van der Waals surface area contributed by atoms with Crippen LogP contribution in [0.4, 0.5) is 10.1 Å². The van der Waals surface area contributed by atoms with Crippen LogP contribution in [-0.2, 0) is 0 Å². The molecule has 2 amide bonds. The van der Waals surface area contributed by atoms with Crippen LogP contribution in [0.2, 0.25) is 10.0 Å². The van der Waals surface area contributed by atoms with Crippen LogP contribution in [0.5, 0.6) is 5.75 Å². The Hall–Kier alpha value is -2.89. The van der Waals surface area contributed by atoms with Crippen molar-refractivity contribution in [2.45, 2.75) is 46.1 Å². The van der Waals surface area contributed by atoms with E-state index in [1.54, 1.807) is 12.1 Å². The average Bonchev–Trinajstić information content (AvgIpc) is 3.19. The van der Waals surface area contributed by atoms with Gasteiger partial charge in [-0.2, -0.15) is 0 Å². The molecule has 174 valence electrons. The van der Waals surface area contributed by atoms with Crippen LogP contribution in [-0.4, -0.2) is 17.4 Å². The SMILES string of the molecule is Cc1c(C)c(N2C(=O)c3cc(Cl)c(Cl)cc3C2=O)c(C)c2c1OC(C)(C)C2c1ccc(F)cc1. The Morgan fingerprint density at radius 2 is 1.41 bits per heavy atom. The highest BCUT2D eigenvalue weighted by Gasteiger charge is 2.47. The molecule has 0 saturated carbocycles. The van der Waals surface area contributed by atoms with E-state index in [4.69, 9.17) is 27.9 Å². The summed E-state index contributed by atoms with van der Waals surface area (Å²) in [5, 5.41) is 0.432. The lowest BCUT2D eigenvalue weighted by Crippen LogP contribution is -2.32. The van der Waals surface area contributed by atoms with E-state index < -0.39 is 17.4 Å². The molecule has 4 nitrogen and oxygen atoms in total. The fourth-order valence-electron chi connectivity index (χ4n) is 5.27. The molecule has 2 heterocycles. The summed E-state index contributed by atoms with van der Waals surface area (Å²) in [5.74, 6) is -0.691. The van der Waals surface area contributed by atoms with Crippen molar-refractivity contribution in [3.05, 3.63) is 91.2 Å². The first kappa shape index (κ1) is 22.9. The lowest BCUT2D eigenvalue weighted by molar-refractivity contribution is 0.0925. The predicted octanol–water partition coefficient (Wildman–Crippen LogP) is 7.16. The number of rotatable bonds is 2. The molecular weight excluding hydrogens is 476 g/mol. The van der Waals surface area contributed by atoms with Crippen LogP contribution in [0.3, 0.4) is 0 Å². The summed E-state index contributed by atoms with van der Waals surface area (Å²) in [5.41, 5.74) is 4.54. The van der Waals surface area contributed by atoms with E-state index in [1.165, 1.54) is 29.2 Å². The molecule has 0 aromatic heterocycles. The fraction of sp³-hybridized carbons (Fsp3) is 0.259. The molecule has 7 heteroatoms. The van der Waals surface area contributed by atoms with E-state index in [-0.39, 0.29) is 32.9 Å². The number of benzene rings is 3. The summed E-state index contributed by atoms with van der Waals surface area (Å²) < 4.78 is 20.1. The number of imide groups is 1. The maximum atomic E-state index is 13.7. The first-order chi connectivity index (χ1) is 15.9. The minimum absolute atomic E-state index is 0.216. The van der Waals surface area contributed by atoms with Gasteiger partial charge in [-0.3, -0.25) is 9.59 Å². The van der Waals surface area contributed by atoms with Crippen molar-refractivity contribution in [1.82, 2.24) is 0 Å². The van der Waals surface area contributed by atoms with Gasteiger partial charge in [-0.1, -0.05) is 35.3 Å². The van der Waals surface area contributed by atoms with E-state index in [1.807, 2.05) is 34.6 Å². The normalized spacial score (nSPS) is 18.2. The number of carbonyl (C=O) groups excluding carboxylic acids is 2. The van der Waals surface area contributed by atoms with Crippen LogP contribution in [0.25, 0.3) is 0 Å². The van der Waals surface area contributed by atoms with Crippen molar-refractivity contribution in [3.8, 4) is 5.75 Å². The highest BCUT2D eigenvalue weighted by atomic mass is 35.5. The van der Waals surface area contributed by atoms with E-state index in [2.05, 4.69) is 0 Å². The quantitative estimate of drug-likeness (QED) is 0.352. The number of halogens is 3. The van der Waals surface area contributed by atoms with Crippen molar-refractivity contribution in [1.29, 1.82) is 0 Å². The number of anilines is 1. The summed E-state index contributed by atoms with van der Waals surface area (Å²) in [7, 11) is 0. The number of hydrogen-bond acceptors (Lipinski definition) is 3. The number of hydrogen-bond donors (Lipinski definition) is 0. The van der Waals surface area contributed by atoms with Gasteiger partial charge in [0.05, 0.1) is 32.8 Å². The van der Waals surface area contributed by atoms with Gasteiger partial charge in [0.25, 0.3) is 11.8 Å². The van der Waals surface area contributed by atoms with Gasteiger partial charge in [-0.05, 0) is 81.1 Å². The largest absolute Gasteiger partial charge is 0.486 e. The maximum Gasteiger partial charge on any atom is 0.266 e. The van der Waals surface area contributed by atoms with Gasteiger partial charge < -0.3 is 4.74 Å². The van der Waals surface area contributed by atoms with E-state index in [9.17, 15) is 14.0 Å². The Kier molecular flexibility index (Phi) is 5.08. The fourth-order valence-corrected chi connectivity index (χ4v) is 5.60. The third kappa shape index (κ3) is 3.10. The zero-order valence-corrected chi connectivity index (χ0v) is 20.9. The van der Waals surface area contributed by atoms with Crippen LogP contribution in [0, 0.1) is 26.6 Å². The van der Waals surface area contributed by atoms with E-state index in [0.29, 0.717) is 5.69 Å². The van der Waals surface area contributed by atoms with Crippen LogP contribution >= 0.6 is 23.2 Å². The lowest BCUT2D eigenvalue weighted by atomic mass is 9.78. The Morgan fingerprint density at radius 3 is 1.94 bits per heavy atom.